The predicted octanol–water partition coefficient (Wildman–Crippen LogP) is 4.91. The Labute approximate surface area is 144 Å². The Bertz CT molecular complexity index is 334. The Morgan fingerprint density at radius 2 is 1.61 bits per heavy atom. The van der Waals surface area contributed by atoms with Crippen molar-refractivity contribution in [1.82, 2.24) is 4.90 Å². The zero-order valence-electron chi connectivity index (χ0n) is 15.6. The maximum atomic E-state index is 5.94. The minimum Gasteiger partial charge on any atom is -0.353 e. The van der Waals surface area contributed by atoms with Crippen LogP contribution in [0.4, 0.5) is 0 Å². The fraction of sp³-hybridized carbons (Fsp3) is 0.850. The number of aliphatic imine (C=N–C) groups is 1. The zero-order valence-corrected chi connectivity index (χ0v) is 15.6. The second-order valence-electron chi connectivity index (χ2n) is 6.92. The first-order chi connectivity index (χ1) is 11.3. The van der Waals surface area contributed by atoms with Crippen LogP contribution >= 0.6 is 0 Å². The van der Waals surface area contributed by atoms with E-state index < -0.39 is 0 Å². The van der Waals surface area contributed by atoms with Crippen LogP contribution in [0.3, 0.4) is 0 Å². The standard InChI is InChI=1S/C20H39N3/c1-3-4-5-6-7-8-9-10-11-12-13-14-15-17-23-18-16-22-20(23)19(2)21/h14-15,19H,3-13,16-18,21H2,1-2H3. The number of allylic oxidation sites excluding steroid dienone is 1. The van der Waals surface area contributed by atoms with Gasteiger partial charge in [0.1, 0.15) is 5.84 Å². The van der Waals surface area contributed by atoms with Gasteiger partial charge in [-0.2, -0.15) is 0 Å². The molecule has 0 aromatic carbocycles. The fourth-order valence-electron chi connectivity index (χ4n) is 3.19. The molecule has 23 heavy (non-hydrogen) atoms. The smallest absolute Gasteiger partial charge is 0.116 e. The number of nitrogens with two attached hydrogens (primary N) is 1. The van der Waals surface area contributed by atoms with Gasteiger partial charge in [0.05, 0.1) is 12.6 Å². The summed E-state index contributed by atoms with van der Waals surface area (Å²) in [5, 5.41) is 0. The highest BCUT2D eigenvalue weighted by Gasteiger charge is 2.18. The highest BCUT2D eigenvalue weighted by molar-refractivity contribution is 5.88. The van der Waals surface area contributed by atoms with Crippen LogP contribution in [-0.4, -0.2) is 36.4 Å². The summed E-state index contributed by atoms with van der Waals surface area (Å²) in [6, 6.07) is 0.0628. The van der Waals surface area contributed by atoms with Gasteiger partial charge in [0.15, 0.2) is 0 Å². The van der Waals surface area contributed by atoms with Crippen LogP contribution in [0.2, 0.25) is 0 Å². The van der Waals surface area contributed by atoms with E-state index in [2.05, 4.69) is 29.0 Å². The van der Waals surface area contributed by atoms with E-state index in [9.17, 15) is 0 Å². The number of hydrogen-bond acceptors (Lipinski definition) is 3. The molecule has 0 aliphatic carbocycles. The van der Waals surface area contributed by atoms with Gasteiger partial charge in [-0.3, -0.25) is 4.99 Å². The molecule has 0 saturated carbocycles. The molecule has 134 valence electrons. The highest BCUT2D eigenvalue weighted by Crippen LogP contribution is 2.11. The Balaban J connectivity index is 1.88. The topological polar surface area (TPSA) is 41.6 Å². The van der Waals surface area contributed by atoms with Gasteiger partial charge in [-0.05, 0) is 19.8 Å². The zero-order chi connectivity index (χ0) is 16.8. The van der Waals surface area contributed by atoms with Crippen LogP contribution in [0.15, 0.2) is 17.1 Å². The molecule has 1 heterocycles. The van der Waals surface area contributed by atoms with E-state index in [1.54, 1.807) is 0 Å². The lowest BCUT2D eigenvalue weighted by Gasteiger charge is -2.20. The summed E-state index contributed by atoms with van der Waals surface area (Å²) >= 11 is 0. The molecule has 1 aliphatic heterocycles. The van der Waals surface area contributed by atoms with Crippen molar-refractivity contribution in [2.75, 3.05) is 19.6 Å². The quantitative estimate of drug-likeness (QED) is 0.364. The molecule has 1 aliphatic rings. The molecule has 0 spiro atoms. The third-order valence-electron chi connectivity index (χ3n) is 4.59. The number of unbranched alkanes of at least 4 members (excludes halogenated alkanes) is 10. The van der Waals surface area contributed by atoms with E-state index in [0.29, 0.717) is 0 Å². The lowest BCUT2D eigenvalue weighted by atomic mass is 10.1. The second-order valence-corrected chi connectivity index (χ2v) is 6.92. The molecule has 2 N–H and O–H groups in total. The molecule has 1 rings (SSSR count). The van der Waals surface area contributed by atoms with Crippen LogP contribution in [-0.2, 0) is 0 Å². The molecule has 1 unspecified atom stereocenters. The SMILES string of the molecule is CCCCCCCCCCCCC=CCN1CCN=C1C(C)N. The summed E-state index contributed by atoms with van der Waals surface area (Å²) < 4.78 is 0. The van der Waals surface area contributed by atoms with Crippen molar-refractivity contribution in [3.63, 3.8) is 0 Å². The molecule has 3 nitrogen and oxygen atoms in total. The summed E-state index contributed by atoms with van der Waals surface area (Å²) in [4.78, 5) is 6.79. The van der Waals surface area contributed by atoms with Crippen molar-refractivity contribution in [3.05, 3.63) is 12.2 Å². The van der Waals surface area contributed by atoms with E-state index in [-0.39, 0.29) is 6.04 Å². The molecule has 0 radical (unpaired) electrons. The van der Waals surface area contributed by atoms with Crippen LogP contribution in [0, 0.1) is 0 Å². The molecule has 0 bridgehead atoms. The Morgan fingerprint density at radius 1 is 1.00 bits per heavy atom. The minimum absolute atomic E-state index is 0.0628. The summed E-state index contributed by atoms with van der Waals surface area (Å²) in [7, 11) is 0. The van der Waals surface area contributed by atoms with Crippen molar-refractivity contribution in [2.45, 2.75) is 90.5 Å². The van der Waals surface area contributed by atoms with Gasteiger partial charge in [-0.25, -0.2) is 0 Å². The Kier molecular flexibility index (Phi) is 11.9. The summed E-state index contributed by atoms with van der Waals surface area (Å²) in [6.07, 6.45) is 19.9. The Morgan fingerprint density at radius 3 is 2.22 bits per heavy atom. The molecule has 0 fully saturated rings. The monoisotopic (exact) mass is 321 g/mol. The van der Waals surface area contributed by atoms with Crippen molar-refractivity contribution < 1.29 is 0 Å². The van der Waals surface area contributed by atoms with Crippen LogP contribution < -0.4 is 5.73 Å². The van der Waals surface area contributed by atoms with Gasteiger partial charge in [-0.15, -0.1) is 0 Å². The minimum atomic E-state index is 0.0628. The highest BCUT2D eigenvalue weighted by atomic mass is 15.2. The average Bonchev–Trinajstić information content (AvgIpc) is 3.00. The Hall–Kier alpha value is -0.830. The number of hydrogen-bond donors (Lipinski definition) is 1. The third kappa shape index (κ3) is 9.80. The predicted molar refractivity (Wildman–Crippen MR) is 103 cm³/mol. The molecular formula is C20H39N3. The van der Waals surface area contributed by atoms with Gasteiger partial charge in [0.25, 0.3) is 0 Å². The molecular weight excluding hydrogens is 282 g/mol. The van der Waals surface area contributed by atoms with E-state index in [1.807, 2.05) is 6.92 Å². The average molecular weight is 322 g/mol. The molecule has 1 atom stereocenters. The van der Waals surface area contributed by atoms with E-state index >= 15 is 0 Å². The van der Waals surface area contributed by atoms with Crippen LogP contribution in [0.5, 0.6) is 0 Å². The van der Waals surface area contributed by atoms with Crippen molar-refractivity contribution in [2.24, 2.45) is 10.7 Å². The van der Waals surface area contributed by atoms with E-state index in [1.165, 1.54) is 70.6 Å². The first kappa shape index (κ1) is 20.2. The number of amidine groups is 1. The van der Waals surface area contributed by atoms with E-state index in [4.69, 9.17) is 5.73 Å². The normalized spacial score (nSPS) is 16.3. The molecule has 0 amide bonds. The van der Waals surface area contributed by atoms with Gasteiger partial charge in [-0.1, -0.05) is 76.9 Å². The molecule has 0 saturated heterocycles. The van der Waals surface area contributed by atoms with Gasteiger partial charge in [0, 0.05) is 13.1 Å². The summed E-state index contributed by atoms with van der Waals surface area (Å²) in [6.45, 7) is 7.20. The van der Waals surface area contributed by atoms with Crippen molar-refractivity contribution in [3.8, 4) is 0 Å². The fourth-order valence-corrected chi connectivity index (χ4v) is 3.19. The maximum Gasteiger partial charge on any atom is 0.116 e. The number of rotatable bonds is 14. The van der Waals surface area contributed by atoms with Gasteiger partial charge in [0.2, 0.25) is 0 Å². The van der Waals surface area contributed by atoms with Crippen molar-refractivity contribution >= 4 is 5.84 Å². The summed E-state index contributed by atoms with van der Waals surface area (Å²) in [5.41, 5.74) is 5.94. The molecule has 0 aromatic heterocycles. The third-order valence-corrected chi connectivity index (χ3v) is 4.59. The molecule has 0 aromatic rings. The maximum absolute atomic E-state index is 5.94. The van der Waals surface area contributed by atoms with Gasteiger partial charge < -0.3 is 10.6 Å². The largest absolute Gasteiger partial charge is 0.353 e. The first-order valence-corrected chi connectivity index (χ1v) is 9.95. The van der Waals surface area contributed by atoms with Gasteiger partial charge >= 0.3 is 0 Å². The lowest BCUT2D eigenvalue weighted by molar-refractivity contribution is 0.491. The summed E-state index contributed by atoms with van der Waals surface area (Å²) in [5.74, 6) is 1.08. The van der Waals surface area contributed by atoms with Crippen LogP contribution in [0.25, 0.3) is 0 Å². The van der Waals surface area contributed by atoms with Crippen molar-refractivity contribution in [1.29, 1.82) is 0 Å². The van der Waals surface area contributed by atoms with E-state index in [0.717, 1.165) is 25.5 Å². The first-order valence-electron chi connectivity index (χ1n) is 9.95. The number of nitrogens with zero attached hydrogens (tertiary/aromatic N) is 2. The second kappa shape index (κ2) is 13.6. The van der Waals surface area contributed by atoms with Crippen LogP contribution in [0.1, 0.15) is 84.5 Å². The molecule has 3 heteroatoms. The lowest BCUT2D eigenvalue weighted by Crippen LogP contribution is -2.39.